The Hall–Kier alpha value is -2.45. The molecule has 0 spiro atoms. The quantitative estimate of drug-likeness (QED) is 0.268. The fourth-order valence-corrected chi connectivity index (χ4v) is 0.907. The van der Waals surface area contributed by atoms with Crippen molar-refractivity contribution in [2.24, 2.45) is 11.5 Å². The number of rotatable bonds is 2. The van der Waals surface area contributed by atoms with Crippen LogP contribution in [0.25, 0.3) is 0 Å². The largest absolute Gasteiger partial charge is 0.542 e. The van der Waals surface area contributed by atoms with Gasteiger partial charge in [-0.25, -0.2) is 0 Å². The third-order valence-electron chi connectivity index (χ3n) is 1.68. The van der Waals surface area contributed by atoms with Crippen LogP contribution in [-0.4, -0.2) is 18.1 Å². The first-order valence-electron chi connectivity index (χ1n) is 4.87. The number of carbonyl (C=O) groups excluding carboxylic acids is 1. The monoisotopic (exact) mass is 278 g/mol. The predicted molar refractivity (Wildman–Crippen MR) is 60.0 cm³/mol. The summed E-state index contributed by atoms with van der Waals surface area (Å²) in [7, 11) is 0. The van der Waals surface area contributed by atoms with E-state index >= 15 is 0 Å². The topological polar surface area (TPSA) is 132 Å². The molecule has 0 saturated carbocycles. The Morgan fingerprint density at radius 2 is 1.84 bits per heavy atom. The maximum Gasteiger partial charge on any atom is 0.430 e. The molecule has 0 bridgehead atoms. The molecule has 0 aromatic heterocycles. The van der Waals surface area contributed by atoms with E-state index in [1.807, 2.05) is 24.3 Å². The van der Waals surface area contributed by atoms with Crippen molar-refractivity contribution in [2.75, 3.05) is 5.73 Å². The molecule has 0 aliphatic heterocycles. The Labute approximate surface area is 106 Å². The van der Waals surface area contributed by atoms with E-state index in [4.69, 9.17) is 27.1 Å². The second-order valence-electron chi connectivity index (χ2n) is 3.34. The average molecular weight is 278 g/mol. The van der Waals surface area contributed by atoms with Crippen LogP contribution >= 0.6 is 0 Å². The van der Waals surface area contributed by atoms with Crippen molar-refractivity contribution in [1.29, 1.82) is 0 Å². The van der Waals surface area contributed by atoms with Crippen molar-refractivity contribution in [3.8, 4) is 0 Å². The number of hydrogen-bond donors (Lipinski definition) is 4. The minimum absolute atomic E-state index is 0.220. The third-order valence-corrected chi connectivity index (χ3v) is 1.68. The lowest BCUT2D eigenvalue weighted by Gasteiger charge is -2.03. The van der Waals surface area contributed by atoms with E-state index < -0.39 is 12.1 Å². The Bertz CT molecular complexity index is 456. The number of hydrogen-bond acceptors (Lipinski definition) is 3. The van der Waals surface area contributed by atoms with Crippen LogP contribution < -0.4 is 27.3 Å². The van der Waals surface area contributed by atoms with Crippen molar-refractivity contribution < 1.29 is 28.1 Å². The van der Waals surface area contributed by atoms with Crippen LogP contribution in [0.5, 0.6) is 0 Å². The SMILES string of the molecule is NC(N)=[NH+]Cc1cccc(N)c1.O=C([O-])C(F)(F)F. The van der Waals surface area contributed by atoms with Gasteiger partial charge in [0.1, 0.15) is 5.97 Å². The molecule has 1 aromatic rings. The number of nitrogens with one attached hydrogen (secondary N) is 1. The smallest absolute Gasteiger partial charge is 0.430 e. The van der Waals surface area contributed by atoms with E-state index in [-0.39, 0.29) is 5.96 Å². The average Bonchev–Trinajstić information content (AvgIpc) is 2.26. The molecule has 1 rings (SSSR count). The lowest BCUT2D eigenvalue weighted by atomic mass is 10.2. The molecule has 0 saturated heterocycles. The summed E-state index contributed by atoms with van der Waals surface area (Å²) in [4.78, 5) is 11.6. The van der Waals surface area contributed by atoms with E-state index in [2.05, 4.69) is 4.99 Å². The molecule has 9 heteroatoms. The van der Waals surface area contributed by atoms with Crippen LogP contribution in [0.3, 0.4) is 0 Å². The lowest BCUT2D eigenvalue weighted by Crippen LogP contribution is -2.76. The van der Waals surface area contributed by atoms with Crippen molar-refractivity contribution in [3.05, 3.63) is 29.8 Å². The highest BCUT2D eigenvalue weighted by molar-refractivity contribution is 5.70. The zero-order valence-corrected chi connectivity index (χ0v) is 9.70. The van der Waals surface area contributed by atoms with Gasteiger partial charge in [0.25, 0.3) is 0 Å². The fraction of sp³-hybridized carbons (Fsp3) is 0.200. The fourth-order valence-electron chi connectivity index (χ4n) is 0.907. The number of nitrogens with two attached hydrogens (primary N) is 3. The zero-order chi connectivity index (χ0) is 15.1. The highest BCUT2D eigenvalue weighted by Crippen LogP contribution is 2.11. The van der Waals surface area contributed by atoms with Gasteiger partial charge in [-0.15, -0.1) is 0 Å². The van der Waals surface area contributed by atoms with E-state index in [1.54, 1.807) is 0 Å². The molecule has 0 amide bonds. The van der Waals surface area contributed by atoms with Gasteiger partial charge >= 0.3 is 12.1 Å². The molecule has 0 radical (unpaired) electrons. The molecule has 0 aliphatic carbocycles. The lowest BCUT2D eigenvalue weighted by molar-refractivity contribution is -0.477. The molecule has 0 heterocycles. The van der Waals surface area contributed by atoms with Crippen molar-refractivity contribution in [2.45, 2.75) is 12.7 Å². The minimum Gasteiger partial charge on any atom is -0.542 e. The number of carboxylic acid groups (broad SMARTS) is 1. The highest BCUT2D eigenvalue weighted by atomic mass is 19.4. The van der Waals surface area contributed by atoms with Gasteiger partial charge in [-0.05, 0) is 17.7 Å². The number of anilines is 1. The van der Waals surface area contributed by atoms with E-state index in [1.165, 1.54) is 0 Å². The number of alkyl halides is 3. The van der Waals surface area contributed by atoms with Gasteiger partial charge in [0.15, 0.2) is 0 Å². The molecular weight excluding hydrogens is 265 g/mol. The standard InChI is InChI=1S/C8H12N4.C2HF3O2/c9-7-3-1-2-6(4-7)5-12-8(10)11;3-2(4,5)1(6)7/h1-4H,5,9H2,(H4,10,11,12);(H,6,7). The number of guanidine groups is 1. The first-order chi connectivity index (χ1) is 8.62. The Morgan fingerprint density at radius 1 is 1.32 bits per heavy atom. The molecule has 0 fully saturated rings. The summed E-state index contributed by atoms with van der Waals surface area (Å²) in [5.74, 6) is -2.79. The van der Waals surface area contributed by atoms with Crippen LogP contribution in [0, 0.1) is 0 Å². The van der Waals surface area contributed by atoms with Crippen LogP contribution in [0.1, 0.15) is 5.56 Å². The van der Waals surface area contributed by atoms with E-state index in [9.17, 15) is 13.2 Å². The first kappa shape index (κ1) is 16.6. The van der Waals surface area contributed by atoms with Gasteiger partial charge in [-0.2, -0.15) is 13.2 Å². The maximum absolute atomic E-state index is 10.5. The molecule has 1 aromatic carbocycles. The Morgan fingerprint density at radius 3 is 2.21 bits per heavy atom. The molecule has 0 unspecified atom stereocenters. The number of carbonyl (C=O) groups is 1. The number of benzene rings is 1. The molecule has 7 N–H and O–H groups in total. The van der Waals surface area contributed by atoms with Crippen molar-refractivity contribution in [3.63, 3.8) is 0 Å². The van der Waals surface area contributed by atoms with Crippen LogP contribution in [0.4, 0.5) is 18.9 Å². The Balaban J connectivity index is 0.000000399. The number of nitrogen functional groups attached to an aromatic ring is 1. The molecule has 19 heavy (non-hydrogen) atoms. The third kappa shape index (κ3) is 8.30. The van der Waals surface area contributed by atoms with Gasteiger partial charge in [-0.1, -0.05) is 12.1 Å². The van der Waals surface area contributed by atoms with Gasteiger partial charge in [0.05, 0.1) is 6.54 Å². The zero-order valence-electron chi connectivity index (χ0n) is 9.70. The summed E-state index contributed by atoms with van der Waals surface area (Å²) >= 11 is 0. The van der Waals surface area contributed by atoms with Crippen LogP contribution in [0.2, 0.25) is 0 Å². The van der Waals surface area contributed by atoms with Crippen LogP contribution in [-0.2, 0) is 11.3 Å². The summed E-state index contributed by atoms with van der Waals surface area (Å²) in [5, 5.41) is 8.78. The van der Waals surface area contributed by atoms with Crippen molar-refractivity contribution in [1.82, 2.24) is 0 Å². The van der Waals surface area contributed by atoms with Crippen molar-refractivity contribution >= 4 is 17.6 Å². The first-order valence-corrected chi connectivity index (χ1v) is 4.87. The molecule has 0 atom stereocenters. The summed E-state index contributed by atoms with van der Waals surface area (Å²) in [6.45, 7) is 0.605. The molecule has 0 aliphatic rings. The Kier molecular flexibility index (Phi) is 6.17. The number of aliphatic carboxylic acids is 1. The van der Waals surface area contributed by atoms with E-state index in [0.29, 0.717) is 6.54 Å². The second kappa shape index (κ2) is 7.09. The predicted octanol–water partition coefficient (Wildman–Crippen LogP) is -2.58. The maximum atomic E-state index is 10.5. The second-order valence-corrected chi connectivity index (χ2v) is 3.34. The summed E-state index contributed by atoms with van der Waals surface area (Å²) in [6, 6.07) is 7.54. The number of halogens is 3. The minimum atomic E-state index is -5.19. The molecular formula is C10H13F3N4O2. The van der Waals surface area contributed by atoms with Gasteiger partial charge in [0.2, 0.25) is 0 Å². The summed E-state index contributed by atoms with van der Waals surface area (Å²) in [6.07, 6.45) is -5.19. The summed E-state index contributed by atoms with van der Waals surface area (Å²) < 4.78 is 31.5. The summed E-state index contributed by atoms with van der Waals surface area (Å²) in [5.41, 5.74) is 17.8. The highest BCUT2D eigenvalue weighted by Gasteiger charge is 2.28. The van der Waals surface area contributed by atoms with Crippen LogP contribution in [0.15, 0.2) is 24.3 Å². The normalized spacial score (nSPS) is 10.1. The number of carboxylic acids is 1. The van der Waals surface area contributed by atoms with Gasteiger partial charge in [-0.3, -0.25) is 16.5 Å². The van der Waals surface area contributed by atoms with Gasteiger partial charge in [0, 0.05) is 5.69 Å². The molecule has 6 nitrogen and oxygen atoms in total. The van der Waals surface area contributed by atoms with Gasteiger partial charge < -0.3 is 15.6 Å². The molecule has 106 valence electrons. The van der Waals surface area contributed by atoms with E-state index in [0.717, 1.165) is 11.3 Å².